The lowest BCUT2D eigenvalue weighted by molar-refractivity contribution is -0.0567. The Balaban J connectivity index is 2.86. The second-order valence-electron chi connectivity index (χ2n) is 3.42. The fourth-order valence-corrected chi connectivity index (χ4v) is 1.23. The van der Waals surface area contributed by atoms with Gasteiger partial charge in [-0.25, -0.2) is 0 Å². The van der Waals surface area contributed by atoms with Crippen molar-refractivity contribution in [2.75, 3.05) is 20.6 Å². The molecule has 0 saturated heterocycles. The summed E-state index contributed by atoms with van der Waals surface area (Å²) in [5.41, 5.74) is -0.811. The first-order chi connectivity index (χ1) is 6.30. The number of alkyl halides is 3. The topological polar surface area (TPSA) is 28.0 Å². The molecule has 1 aliphatic rings. The summed E-state index contributed by atoms with van der Waals surface area (Å²) in [5, 5.41) is 0. The number of hydrogen-bond donors (Lipinski definition) is 0. The Morgan fingerprint density at radius 3 is 2.29 bits per heavy atom. The average molecular weight is 207 g/mol. The van der Waals surface area contributed by atoms with Crippen LogP contribution in [0.4, 0.5) is 13.2 Å². The van der Waals surface area contributed by atoms with E-state index in [2.05, 4.69) is 9.98 Å². The largest absolute Gasteiger partial charge is 0.434 e. The molecule has 0 amide bonds. The molecule has 80 valence electrons. The summed E-state index contributed by atoms with van der Waals surface area (Å²) in [6.45, 7) is 1.71. The third-order valence-electron chi connectivity index (χ3n) is 1.67. The molecule has 0 aliphatic carbocycles. The van der Waals surface area contributed by atoms with Gasteiger partial charge in [-0.05, 0) is 21.0 Å². The molecule has 1 atom stereocenters. The van der Waals surface area contributed by atoms with Crippen LogP contribution in [0.2, 0.25) is 0 Å². The molecule has 1 heterocycles. The van der Waals surface area contributed by atoms with Gasteiger partial charge in [-0.15, -0.1) is 0 Å². The molecule has 14 heavy (non-hydrogen) atoms. The first-order valence-electron chi connectivity index (χ1n) is 4.17. The SMILES string of the molecule is CC1N=C(CN(C)C)C(C(F)(F)F)=N1. The van der Waals surface area contributed by atoms with E-state index in [4.69, 9.17) is 0 Å². The van der Waals surface area contributed by atoms with Gasteiger partial charge in [0.25, 0.3) is 0 Å². The molecule has 1 rings (SSSR count). The highest BCUT2D eigenvalue weighted by Crippen LogP contribution is 2.23. The summed E-state index contributed by atoms with van der Waals surface area (Å²) < 4.78 is 37.2. The first kappa shape index (κ1) is 11.2. The third kappa shape index (κ3) is 2.54. The fourth-order valence-electron chi connectivity index (χ4n) is 1.23. The molecule has 0 N–H and O–H groups in total. The van der Waals surface area contributed by atoms with Crippen LogP contribution in [-0.4, -0.2) is 49.3 Å². The summed E-state index contributed by atoms with van der Waals surface area (Å²) in [4.78, 5) is 8.92. The predicted octanol–water partition coefficient (Wildman–Crippen LogP) is 1.35. The lowest BCUT2D eigenvalue weighted by Crippen LogP contribution is -2.35. The van der Waals surface area contributed by atoms with Crippen LogP contribution in [0.1, 0.15) is 6.92 Å². The van der Waals surface area contributed by atoms with Crippen molar-refractivity contribution in [2.45, 2.75) is 19.3 Å². The summed E-state index contributed by atoms with van der Waals surface area (Å²) in [6.07, 6.45) is -5.00. The molecular formula is C8H12F3N3. The van der Waals surface area contributed by atoms with Crippen LogP contribution in [0.25, 0.3) is 0 Å². The molecule has 0 saturated carbocycles. The van der Waals surface area contributed by atoms with Crippen LogP contribution in [0.5, 0.6) is 0 Å². The smallest absolute Gasteiger partial charge is 0.304 e. The molecule has 3 nitrogen and oxygen atoms in total. The van der Waals surface area contributed by atoms with Crippen molar-refractivity contribution in [1.29, 1.82) is 0 Å². The minimum absolute atomic E-state index is 0.0231. The first-order valence-corrected chi connectivity index (χ1v) is 4.17. The van der Waals surface area contributed by atoms with Gasteiger partial charge in [-0.2, -0.15) is 13.2 Å². The molecule has 0 bridgehead atoms. The van der Waals surface area contributed by atoms with Gasteiger partial charge in [0.2, 0.25) is 0 Å². The molecule has 0 radical (unpaired) electrons. The average Bonchev–Trinajstić information content (AvgIpc) is 2.28. The lowest BCUT2D eigenvalue weighted by atomic mass is 10.2. The van der Waals surface area contributed by atoms with Crippen molar-refractivity contribution in [3.05, 3.63) is 0 Å². The van der Waals surface area contributed by atoms with Gasteiger partial charge < -0.3 is 4.90 Å². The van der Waals surface area contributed by atoms with E-state index in [1.807, 2.05) is 0 Å². The Labute approximate surface area is 80.3 Å². The van der Waals surface area contributed by atoms with E-state index in [9.17, 15) is 13.2 Å². The molecule has 0 aromatic carbocycles. The zero-order chi connectivity index (χ0) is 10.9. The maximum Gasteiger partial charge on any atom is 0.434 e. The Bertz CT molecular complexity index is 278. The number of rotatable bonds is 2. The van der Waals surface area contributed by atoms with Crippen molar-refractivity contribution in [1.82, 2.24) is 4.90 Å². The molecular weight excluding hydrogens is 195 g/mol. The Morgan fingerprint density at radius 1 is 1.29 bits per heavy atom. The summed E-state index contributed by atoms with van der Waals surface area (Å²) in [7, 11) is 3.39. The maximum atomic E-state index is 12.4. The molecule has 0 fully saturated rings. The number of halogens is 3. The lowest BCUT2D eigenvalue weighted by Gasteiger charge is -2.12. The van der Waals surface area contributed by atoms with E-state index in [1.54, 1.807) is 19.0 Å². The van der Waals surface area contributed by atoms with Gasteiger partial charge in [0.1, 0.15) is 6.17 Å². The van der Waals surface area contributed by atoms with Gasteiger partial charge in [0.15, 0.2) is 5.71 Å². The quantitative estimate of drug-likeness (QED) is 0.671. The highest BCUT2D eigenvalue weighted by atomic mass is 19.4. The minimum atomic E-state index is -4.39. The molecule has 0 spiro atoms. The van der Waals surface area contributed by atoms with Crippen LogP contribution < -0.4 is 0 Å². The monoisotopic (exact) mass is 207 g/mol. The van der Waals surface area contributed by atoms with E-state index in [0.29, 0.717) is 0 Å². The molecule has 1 aliphatic heterocycles. The van der Waals surface area contributed by atoms with E-state index in [0.717, 1.165) is 0 Å². The molecule has 1 unspecified atom stereocenters. The second kappa shape index (κ2) is 3.68. The van der Waals surface area contributed by atoms with Crippen molar-refractivity contribution in [3.63, 3.8) is 0 Å². The van der Waals surface area contributed by atoms with E-state index in [-0.39, 0.29) is 12.3 Å². The van der Waals surface area contributed by atoms with Crippen LogP contribution in [0, 0.1) is 0 Å². The van der Waals surface area contributed by atoms with Crippen molar-refractivity contribution >= 4 is 11.4 Å². The van der Waals surface area contributed by atoms with Gasteiger partial charge in [-0.1, -0.05) is 0 Å². The highest BCUT2D eigenvalue weighted by molar-refractivity contribution is 6.46. The van der Waals surface area contributed by atoms with Gasteiger partial charge in [-0.3, -0.25) is 9.98 Å². The van der Waals surface area contributed by atoms with Gasteiger partial charge >= 0.3 is 6.18 Å². The Morgan fingerprint density at radius 2 is 1.86 bits per heavy atom. The normalized spacial score (nSPS) is 22.6. The zero-order valence-electron chi connectivity index (χ0n) is 8.26. The van der Waals surface area contributed by atoms with Crippen molar-refractivity contribution in [2.24, 2.45) is 9.98 Å². The Hall–Kier alpha value is -0.910. The van der Waals surface area contributed by atoms with Gasteiger partial charge in [0, 0.05) is 6.54 Å². The van der Waals surface area contributed by atoms with Crippen molar-refractivity contribution in [3.8, 4) is 0 Å². The minimum Gasteiger partial charge on any atom is -0.304 e. The molecule has 6 heteroatoms. The standard InChI is InChI=1S/C8H12F3N3/c1-5-12-6(4-14(2)3)7(13-5)8(9,10)11/h5H,4H2,1-3H3. The summed E-state index contributed by atoms with van der Waals surface area (Å²) in [5.74, 6) is 0. The number of aliphatic imine (C=N–C) groups is 2. The van der Waals surface area contributed by atoms with E-state index < -0.39 is 18.1 Å². The number of hydrogen-bond acceptors (Lipinski definition) is 3. The molecule has 0 aromatic heterocycles. The van der Waals surface area contributed by atoms with Crippen LogP contribution in [0.15, 0.2) is 9.98 Å². The number of nitrogens with zero attached hydrogens (tertiary/aromatic N) is 3. The highest BCUT2D eigenvalue weighted by Gasteiger charge is 2.41. The summed E-state index contributed by atoms with van der Waals surface area (Å²) in [6, 6.07) is 0. The third-order valence-corrected chi connectivity index (χ3v) is 1.67. The predicted molar refractivity (Wildman–Crippen MR) is 48.9 cm³/mol. The van der Waals surface area contributed by atoms with E-state index in [1.165, 1.54) is 6.92 Å². The van der Waals surface area contributed by atoms with E-state index >= 15 is 0 Å². The zero-order valence-corrected chi connectivity index (χ0v) is 8.26. The van der Waals surface area contributed by atoms with Crippen LogP contribution in [-0.2, 0) is 0 Å². The van der Waals surface area contributed by atoms with Gasteiger partial charge in [0.05, 0.1) is 5.71 Å². The maximum absolute atomic E-state index is 12.4. The molecule has 0 aromatic rings. The van der Waals surface area contributed by atoms with Crippen molar-refractivity contribution < 1.29 is 13.2 Å². The Kier molecular flexibility index (Phi) is 2.94. The second-order valence-corrected chi connectivity index (χ2v) is 3.42. The van der Waals surface area contributed by atoms with Crippen LogP contribution in [0.3, 0.4) is 0 Å². The fraction of sp³-hybridized carbons (Fsp3) is 0.750. The van der Waals surface area contributed by atoms with Crippen LogP contribution >= 0.6 is 0 Å². The summed E-state index contributed by atoms with van der Waals surface area (Å²) >= 11 is 0.